The summed E-state index contributed by atoms with van der Waals surface area (Å²) < 4.78 is 18.5. The lowest BCUT2D eigenvalue weighted by molar-refractivity contribution is 0.236. The number of nitrogens with one attached hydrogen (secondary N) is 2. The maximum atomic E-state index is 13.3. The second-order valence-electron chi connectivity index (χ2n) is 6.32. The Morgan fingerprint density at radius 1 is 1.46 bits per heavy atom. The summed E-state index contributed by atoms with van der Waals surface area (Å²) in [7, 11) is 0. The Hall–Kier alpha value is -2.37. The molecular formula is C18H22FN3O2. The van der Waals surface area contributed by atoms with Gasteiger partial charge in [0.1, 0.15) is 11.6 Å². The number of benzene rings is 1. The highest BCUT2D eigenvalue weighted by molar-refractivity contribution is 5.75. The van der Waals surface area contributed by atoms with E-state index < -0.39 is 0 Å². The molecule has 1 fully saturated rings. The first-order valence-electron chi connectivity index (χ1n) is 8.24. The van der Waals surface area contributed by atoms with Crippen LogP contribution in [0.4, 0.5) is 9.18 Å². The Kier molecular flexibility index (Phi) is 4.55. The fourth-order valence-electron chi connectivity index (χ4n) is 3.19. The number of carbonyl (C=O) groups excluding carboxylic acids is 1. The fourth-order valence-corrected chi connectivity index (χ4v) is 3.19. The van der Waals surface area contributed by atoms with E-state index in [-0.39, 0.29) is 29.8 Å². The van der Waals surface area contributed by atoms with Crippen LogP contribution in [0.15, 0.2) is 28.8 Å². The first kappa shape index (κ1) is 16.5. The molecule has 0 bridgehead atoms. The molecule has 1 aromatic heterocycles. The molecule has 1 aliphatic rings. The normalized spacial score (nSPS) is 20.5. The molecule has 0 spiro atoms. The van der Waals surface area contributed by atoms with E-state index in [1.165, 1.54) is 12.1 Å². The highest BCUT2D eigenvalue weighted by atomic mass is 19.1. The van der Waals surface area contributed by atoms with Crippen molar-refractivity contribution in [3.63, 3.8) is 0 Å². The van der Waals surface area contributed by atoms with Crippen molar-refractivity contribution in [2.45, 2.75) is 51.6 Å². The number of rotatable bonds is 5. The monoisotopic (exact) mass is 331 g/mol. The summed E-state index contributed by atoms with van der Waals surface area (Å²) in [4.78, 5) is 12.3. The predicted molar refractivity (Wildman–Crippen MR) is 88.2 cm³/mol. The van der Waals surface area contributed by atoms with Crippen molar-refractivity contribution in [2.75, 3.05) is 0 Å². The minimum Gasteiger partial charge on any atom is -0.361 e. The molecule has 2 amide bonds. The van der Waals surface area contributed by atoms with Crippen LogP contribution in [-0.2, 0) is 0 Å². The number of hydrogen-bond donors (Lipinski definition) is 2. The summed E-state index contributed by atoms with van der Waals surface area (Å²) in [5, 5.41) is 9.89. The molecule has 2 aromatic rings. The van der Waals surface area contributed by atoms with E-state index >= 15 is 0 Å². The Morgan fingerprint density at radius 3 is 2.88 bits per heavy atom. The molecule has 3 atom stereocenters. The molecule has 1 aliphatic carbocycles. The molecule has 3 rings (SSSR count). The van der Waals surface area contributed by atoms with E-state index in [1.54, 1.807) is 6.07 Å². The molecule has 5 nitrogen and oxygen atoms in total. The average Bonchev–Trinajstić information content (AvgIpc) is 3.23. The zero-order valence-corrected chi connectivity index (χ0v) is 14.1. The topological polar surface area (TPSA) is 67.2 Å². The number of hydrogen-bond acceptors (Lipinski definition) is 3. The smallest absolute Gasteiger partial charge is 0.315 e. The largest absolute Gasteiger partial charge is 0.361 e. The average molecular weight is 331 g/mol. The zero-order valence-electron chi connectivity index (χ0n) is 14.1. The minimum absolute atomic E-state index is 0.0500. The summed E-state index contributed by atoms with van der Waals surface area (Å²) >= 11 is 0. The van der Waals surface area contributed by atoms with E-state index in [2.05, 4.69) is 15.8 Å². The van der Waals surface area contributed by atoms with Gasteiger partial charge in [-0.25, -0.2) is 9.18 Å². The Bertz CT molecular complexity index is 724. The molecule has 0 radical (unpaired) electrons. The van der Waals surface area contributed by atoms with Crippen LogP contribution in [0.5, 0.6) is 0 Å². The van der Waals surface area contributed by atoms with Gasteiger partial charge in [-0.15, -0.1) is 0 Å². The van der Waals surface area contributed by atoms with Crippen LogP contribution in [-0.4, -0.2) is 17.2 Å². The fraction of sp³-hybridized carbons (Fsp3) is 0.444. The number of aromatic nitrogens is 1. The molecule has 0 saturated heterocycles. The van der Waals surface area contributed by atoms with Crippen LogP contribution in [0.25, 0.3) is 0 Å². The molecule has 1 aromatic carbocycles. The van der Waals surface area contributed by atoms with Crippen molar-refractivity contribution in [1.29, 1.82) is 0 Å². The minimum atomic E-state index is -0.243. The molecule has 128 valence electrons. The maximum Gasteiger partial charge on any atom is 0.315 e. The van der Waals surface area contributed by atoms with Gasteiger partial charge in [0.15, 0.2) is 0 Å². The Labute approximate surface area is 140 Å². The molecular weight excluding hydrogens is 309 g/mol. The van der Waals surface area contributed by atoms with Crippen molar-refractivity contribution < 1.29 is 13.7 Å². The predicted octanol–water partition coefficient (Wildman–Crippen LogP) is 3.74. The van der Waals surface area contributed by atoms with E-state index in [0.717, 1.165) is 35.4 Å². The Morgan fingerprint density at radius 2 is 2.25 bits per heavy atom. The third-order valence-corrected chi connectivity index (χ3v) is 4.53. The number of amides is 2. The van der Waals surface area contributed by atoms with Gasteiger partial charge in [0, 0.05) is 17.5 Å². The van der Waals surface area contributed by atoms with Crippen molar-refractivity contribution in [3.8, 4) is 0 Å². The number of halogens is 1. The van der Waals surface area contributed by atoms with E-state index in [9.17, 15) is 9.18 Å². The van der Waals surface area contributed by atoms with Crippen LogP contribution in [0.2, 0.25) is 0 Å². The molecule has 1 saturated carbocycles. The van der Waals surface area contributed by atoms with Crippen LogP contribution in [0, 0.1) is 19.7 Å². The summed E-state index contributed by atoms with van der Waals surface area (Å²) in [6.07, 6.45) is 1.58. The number of aryl methyl sites for hydroxylation is 2. The van der Waals surface area contributed by atoms with Gasteiger partial charge in [0.2, 0.25) is 0 Å². The first-order valence-corrected chi connectivity index (χ1v) is 8.24. The molecule has 1 unspecified atom stereocenters. The lowest BCUT2D eigenvalue weighted by Crippen LogP contribution is -2.39. The summed E-state index contributed by atoms with van der Waals surface area (Å²) in [5.41, 5.74) is 2.66. The van der Waals surface area contributed by atoms with Gasteiger partial charge in [-0.05, 0) is 44.4 Å². The number of urea groups is 1. The van der Waals surface area contributed by atoms with Gasteiger partial charge in [-0.2, -0.15) is 0 Å². The van der Waals surface area contributed by atoms with Crippen molar-refractivity contribution in [2.24, 2.45) is 0 Å². The number of nitrogens with zero attached hydrogens (tertiary/aromatic N) is 1. The molecule has 0 aliphatic heterocycles. The van der Waals surface area contributed by atoms with Crippen LogP contribution >= 0.6 is 0 Å². The third kappa shape index (κ3) is 3.42. The van der Waals surface area contributed by atoms with Gasteiger partial charge < -0.3 is 15.2 Å². The Balaban J connectivity index is 1.58. The third-order valence-electron chi connectivity index (χ3n) is 4.53. The van der Waals surface area contributed by atoms with Gasteiger partial charge >= 0.3 is 6.03 Å². The van der Waals surface area contributed by atoms with Crippen molar-refractivity contribution in [3.05, 3.63) is 52.7 Å². The van der Waals surface area contributed by atoms with Crippen LogP contribution in [0.1, 0.15) is 54.3 Å². The zero-order chi connectivity index (χ0) is 17.3. The van der Waals surface area contributed by atoms with Gasteiger partial charge in [0.25, 0.3) is 0 Å². The highest BCUT2D eigenvalue weighted by Crippen LogP contribution is 2.40. The quantitative estimate of drug-likeness (QED) is 0.877. The summed E-state index contributed by atoms with van der Waals surface area (Å²) in [6, 6.07) is 6.25. The summed E-state index contributed by atoms with van der Waals surface area (Å²) in [6.45, 7) is 5.72. The van der Waals surface area contributed by atoms with E-state index in [4.69, 9.17) is 4.52 Å². The molecule has 24 heavy (non-hydrogen) atoms. The standard InChI is InChI=1S/C18H22FN3O2/c1-4-15(17-10(2)22-24-11(17)3)20-18(23)21-16-9-14(16)12-6-5-7-13(19)8-12/h5-8,14-16H,4,9H2,1-3H3,(H2,20,21,23)/t14-,15?,16+/m0/s1. The maximum absolute atomic E-state index is 13.3. The molecule has 2 N–H and O–H groups in total. The molecule has 6 heteroatoms. The second kappa shape index (κ2) is 6.63. The van der Waals surface area contributed by atoms with Crippen molar-refractivity contribution >= 4 is 6.03 Å². The number of carbonyl (C=O) groups is 1. The lowest BCUT2D eigenvalue weighted by Gasteiger charge is -2.17. The van der Waals surface area contributed by atoms with Gasteiger partial charge in [-0.1, -0.05) is 24.2 Å². The van der Waals surface area contributed by atoms with Gasteiger partial charge in [0.05, 0.1) is 11.7 Å². The van der Waals surface area contributed by atoms with Crippen LogP contribution < -0.4 is 10.6 Å². The lowest BCUT2D eigenvalue weighted by atomic mass is 10.0. The first-order chi connectivity index (χ1) is 11.5. The van der Waals surface area contributed by atoms with Crippen LogP contribution in [0.3, 0.4) is 0 Å². The van der Waals surface area contributed by atoms with E-state index in [0.29, 0.717) is 0 Å². The summed E-state index contributed by atoms with van der Waals surface area (Å²) in [5.74, 6) is 0.668. The van der Waals surface area contributed by atoms with Crippen molar-refractivity contribution in [1.82, 2.24) is 15.8 Å². The second-order valence-corrected chi connectivity index (χ2v) is 6.32. The molecule has 1 heterocycles. The van der Waals surface area contributed by atoms with E-state index in [1.807, 2.05) is 26.8 Å². The SMILES string of the molecule is CCC(NC(=O)N[C@@H]1C[C@H]1c1cccc(F)c1)c1c(C)noc1C. The van der Waals surface area contributed by atoms with Gasteiger partial charge in [-0.3, -0.25) is 0 Å². The highest BCUT2D eigenvalue weighted by Gasteiger charge is 2.40.